The van der Waals surface area contributed by atoms with Gasteiger partial charge < -0.3 is 4.74 Å². The molecule has 1 aromatic rings. The summed E-state index contributed by atoms with van der Waals surface area (Å²) in [6.07, 6.45) is 3.58. The van der Waals surface area contributed by atoms with Crippen LogP contribution in [0.15, 0.2) is 24.5 Å². The number of aromatic nitrogens is 1. The topological polar surface area (TPSA) is 85.4 Å². The number of hydrogen-bond donors (Lipinski definition) is 1. The monoisotopic (exact) mass is 258 g/mol. The molecule has 0 saturated heterocycles. The Morgan fingerprint density at radius 1 is 1.41 bits per heavy atom. The number of rotatable bonds is 6. The van der Waals surface area contributed by atoms with Crippen molar-refractivity contribution in [2.24, 2.45) is 0 Å². The first-order valence-corrected chi connectivity index (χ1v) is 6.62. The van der Waals surface area contributed by atoms with Crippen LogP contribution in [0, 0.1) is 0 Å². The van der Waals surface area contributed by atoms with Crippen molar-refractivity contribution in [2.75, 3.05) is 19.4 Å². The van der Waals surface area contributed by atoms with E-state index in [1.165, 1.54) is 7.11 Å². The number of esters is 1. The second kappa shape index (κ2) is 6.31. The molecular weight excluding hydrogens is 244 g/mol. The van der Waals surface area contributed by atoms with Crippen LogP contribution in [0.5, 0.6) is 0 Å². The first kappa shape index (κ1) is 13.6. The maximum atomic E-state index is 11.5. The number of nitrogens with zero attached hydrogens (tertiary/aromatic N) is 1. The van der Waals surface area contributed by atoms with Gasteiger partial charge in [-0.25, -0.2) is 13.1 Å². The Morgan fingerprint density at radius 3 is 2.65 bits per heavy atom. The van der Waals surface area contributed by atoms with Gasteiger partial charge >= 0.3 is 5.97 Å². The first-order chi connectivity index (χ1) is 8.03. The van der Waals surface area contributed by atoms with Gasteiger partial charge in [-0.15, -0.1) is 0 Å². The minimum Gasteiger partial charge on any atom is -0.468 e. The molecule has 1 heterocycles. The quantitative estimate of drug-likeness (QED) is 0.709. The van der Waals surface area contributed by atoms with Crippen molar-refractivity contribution in [1.82, 2.24) is 9.71 Å². The van der Waals surface area contributed by atoms with Crippen molar-refractivity contribution in [3.05, 3.63) is 30.1 Å². The molecule has 1 N–H and O–H groups in total. The maximum absolute atomic E-state index is 11.5. The second-order valence-corrected chi connectivity index (χ2v) is 5.25. The highest BCUT2D eigenvalue weighted by atomic mass is 32.2. The van der Waals surface area contributed by atoms with Gasteiger partial charge in [0.25, 0.3) is 0 Å². The lowest BCUT2D eigenvalue weighted by atomic mass is 10.2. The van der Waals surface area contributed by atoms with Gasteiger partial charge in [-0.3, -0.25) is 9.78 Å². The molecule has 0 radical (unpaired) electrons. The Kier molecular flexibility index (Phi) is 5.05. The number of hydrogen-bond acceptors (Lipinski definition) is 5. The van der Waals surface area contributed by atoms with Crippen molar-refractivity contribution < 1.29 is 17.9 Å². The molecule has 0 bridgehead atoms. The Bertz CT molecular complexity index is 458. The molecule has 0 aliphatic rings. The molecule has 0 amide bonds. The fraction of sp³-hybridized carbons (Fsp3) is 0.400. The molecule has 6 nitrogen and oxygen atoms in total. The lowest BCUT2D eigenvalue weighted by molar-refractivity contribution is -0.139. The summed E-state index contributed by atoms with van der Waals surface area (Å²) in [5, 5.41) is 0. The van der Waals surface area contributed by atoms with Crippen LogP contribution in [0.4, 0.5) is 0 Å². The lowest BCUT2D eigenvalue weighted by Crippen LogP contribution is -2.32. The highest BCUT2D eigenvalue weighted by Crippen LogP contribution is 1.99. The van der Waals surface area contributed by atoms with Gasteiger partial charge in [0.2, 0.25) is 10.0 Å². The summed E-state index contributed by atoms with van der Waals surface area (Å²) in [5.74, 6) is -0.689. The zero-order valence-corrected chi connectivity index (χ0v) is 10.2. The van der Waals surface area contributed by atoms with Crippen LogP contribution in [-0.4, -0.2) is 38.8 Å². The van der Waals surface area contributed by atoms with Crippen LogP contribution in [-0.2, 0) is 26.0 Å². The summed E-state index contributed by atoms with van der Waals surface area (Å²) >= 11 is 0. The van der Waals surface area contributed by atoms with E-state index in [0.717, 1.165) is 5.56 Å². The van der Waals surface area contributed by atoms with E-state index in [9.17, 15) is 13.2 Å². The van der Waals surface area contributed by atoms with Crippen LogP contribution in [0.25, 0.3) is 0 Å². The Labute approximate surface area is 100 Å². The molecule has 0 aromatic carbocycles. The Hall–Kier alpha value is -1.47. The summed E-state index contributed by atoms with van der Waals surface area (Å²) in [6.45, 7) is -0.338. The zero-order valence-electron chi connectivity index (χ0n) is 9.42. The first-order valence-electron chi connectivity index (χ1n) is 4.96. The molecule has 0 aliphatic heterocycles. The molecule has 0 aliphatic carbocycles. The van der Waals surface area contributed by atoms with Crippen LogP contribution < -0.4 is 4.72 Å². The minimum absolute atomic E-state index is 0.0754. The summed E-state index contributed by atoms with van der Waals surface area (Å²) in [4.78, 5) is 14.6. The fourth-order valence-corrected chi connectivity index (χ4v) is 2.10. The number of carbonyl (C=O) groups excluding carboxylic acids is 1. The van der Waals surface area contributed by atoms with E-state index in [-0.39, 0.29) is 12.3 Å². The predicted molar refractivity (Wildman–Crippen MR) is 61.7 cm³/mol. The number of ether oxygens (including phenoxy) is 1. The normalized spacial score (nSPS) is 11.1. The third-order valence-electron chi connectivity index (χ3n) is 2.07. The maximum Gasteiger partial charge on any atom is 0.320 e. The molecule has 0 atom stereocenters. The average Bonchev–Trinajstić information content (AvgIpc) is 2.35. The fourth-order valence-electron chi connectivity index (χ4n) is 1.11. The van der Waals surface area contributed by atoms with E-state index in [1.54, 1.807) is 24.5 Å². The van der Waals surface area contributed by atoms with Gasteiger partial charge in [0.1, 0.15) is 6.54 Å². The SMILES string of the molecule is COC(=O)CNS(=O)(=O)CCc1ccncc1. The molecule has 17 heavy (non-hydrogen) atoms. The van der Waals surface area contributed by atoms with Crippen molar-refractivity contribution in [3.63, 3.8) is 0 Å². The van der Waals surface area contributed by atoms with Crippen LogP contribution in [0.2, 0.25) is 0 Å². The number of aryl methyl sites for hydroxylation is 1. The summed E-state index contributed by atoms with van der Waals surface area (Å²) in [7, 11) is -2.25. The number of pyridine rings is 1. The average molecular weight is 258 g/mol. The Morgan fingerprint density at radius 2 is 2.06 bits per heavy atom. The van der Waals surface area contributed by atoms with Crippen LogP contribution >= 0.6 is 0 Å². The van der Waals surface area contributed by atoms with Gasteiger partial charge in [-0.1, -0.05) is 0 Å². The summed E-state index contributed by atoms with van der Waals surface area (Å²) in [6, 6.07) is 3.49. The number of methoxy groups -OCH3 is 1. The number of carbonyl (C=O) groups is 1. The molecule has 0 fully saturated rings. The van der Waals surface area contributed by atoms with Gasteiger partial charge in [-0.2, -0.15) is 0 Å². The largest absolute Gasteiger partial charge is 0.468 e. The van der Waals surface area contributed by atoms with Crippen molar-refractivity contribution >= 4 is 16.0 Å². The summed E-state index contributed by atoms with van der Waals surface area (Å²) < 4.78 is 29.5. The molecule has 7 heteroatoms. The molecule has 0 saturated carbocycles. The number of nitrogens with one attached hydrogen (secondary N) is 1. The lowest BCUT2D eigenvalue weighted by Gasteiger charge is -2.05. The predicted octanol–water partition coefficient (Wildman–Crippen LogP) is -0.283. The third-order valence-corrected chi connectivity index (χ3v) is 3.40. The smallest absolute Gasteiger partial charge is 0.320 e. The molecule has 1 aromatic heterocycles. The van der Waals surface area contributed by atoms with E-state index in [2.05, 4.69) is 14.4 Å². The standard InChI is InChI=1S/C10H14N2O4S/c1-16-10(13)8-12-17(14,15)7-4-9-2-5-11-6-3-9/h2-3,5-6,12H,4,7-8H2,1H3. The van der Waals surface area contributed by atoms with Crippen molar-refractivity contribution in [2.45, 2.75) is 6.42 Å². The Balaban J connectivity index is 2.42. The van der Waals surface area contributed by atoms with E-state index < -0.39 is 16.0 Å². The van der Waals surface area contributed by atoms with Gasteiger partial charge in [0.15, 0.2) is 0 Å². The molecule has 1 rings (SSSR count). The number of sulfonamides is 1. The van der Waals surface area contributed by atoms with Crippen LogP contribution in [0.3, 0.4) is 0 Å². The van der Waals surface area contributed by atoms with Gasteiger partial charge in [0, 0.05) is 12.4 Å². The van der Waals surface area contributed by atoms with Crippen molar-refractivity contribution in [1.29, 1.82) is 0 Å². The van der Waals surface area contributed by atoms with Crippen LogP contribution in [0.1, 0.15) is 5.56 Å². The third kappa shape index (κ3) is 5.41. The molecular formula is C10H14N2O4S. The van der Waals surface area contributed by atoms with Crippen molar-refractivity contribution in [3.8, 4) is 0 Å². The van der Waals surface area contributed by atoms with Gasteiger partial charge in [-0.05, 0) is 24.1 Å². The zero-order chi connectivity index (χ0) is 12.7. The molecule has 0 unspecified atom stereocenters. The van der Waals surface area contributed by atoms with E-state index in [0.29, 0.717) is 6.42 Å². The van der Waals surface area contributed by atoms with E-state index >= 15 is 0 Å². The van der Waals surface area contributed by atoms with E-state index in [4.69, 9.17) is 0 Å². The van der Waals surface area contributed by atoms with E-state index in [1.807, 2.05) is 0 Å². The molecule has 94 valence electrons. The van der Waals surface area contributed by atoms with Gasteiger partial charge in [0.05, 0.1) is 12.9 Å². The summed E-state index contributed by atoms with van der Waals surface area (Å²) in [5.41, 5.74) is 0.878. The molecule has 0 spiro atoms. The highest BCUT2D eigenvalue weighted by Gasteiger charge is 2.12. The minimum atomic E-state index is -3.46. The highest BCUT2D eigenvalue weighted by molar-refractivity contribution is 7.89. The second-order valence-electron chi connectivity index (χ2n) is 3.32.